The summed E-state index contributed by atoms with van der Waals surface area (Å²) in [4.78, 5) is 11.7. The van der Waals surface area contributed by atoms with Crippen LogP contribution in [0.5, 0.6) is 0 Å². The lowest BCUT2D eigenvalue weighted by molar-refractivity contribution is -0.114. The average molecular weight is 241 g/mol. The minimum absolute atomic E-state index is 0.158. The number of Topliss-reactive ketones (excluding diaryl/α,β-unsaturated/α-hetero) is 1. The van der Waals surface area contributed by atoms with Crippen molar-refractivity contribution in [1.29, 1.82) is 0 Å². The number of allylic oxidation sites excluding steroid dienone is 2. The van der Waals surface area contributed by atoms with Crippen LogP contribution in [0.4, 0.5) is 0 Å². The number of carbonyl (C=O) groups excluding carboxylic acids is 1. The molecule has 78 valence electrons. The predicted octanol–water partition coefficient (Wildman–Crippen LogP) is 4.13. The normalized spacial score (nSPS) is 16.4. The molecule has 15 heavy (non-hydrogen) atoms. The van der Waals surface area contributed by atoms with Gasteiger partial charge in [0, 0.05) is 17.6 Å². The third-order valence-electron chi connectivity index (χ3n) is 2.50. The first-order valence-corrected chi connectivity index (χ1v) is 5.63. The highest BCUT2D eigenvalue weighted by molar-refractivity contribution is 6.44. The van der Waals surface area contributed by atoms with Crippen LogP contribution in [0.15, 0.2) is 24.3 Å². The summed E-state index contributed by atoms with van der Waals surface area (Å²) in [6.07, 6.45) is 4.42. The SMILES string of the molecule is O=C1CCCC=C1c1cccc(Cl)c1Cl. The molecule has 0 atom stereocenters. The van der Waals surface area contributed by atoms with E-state index in [2.05, 4.69) is 0 Å². The molecule has 1 aromatic rings. The molecule has 0 unspecified atom stereocenters. The first kappa shape index (κ1) is 10.7. The number of hydrogen-bond donors (Lipinski definition) is 0. The first-order valence-electron chi connectivity index (χ1n) is 4.88. The monoisotopic (exact) mass is 240 g/mol. The summed E-state index contributed by atoms with van der Waals surface area (Å²) in [5.41, 5.74) is 1.47. The molecule has 1 aliphatic carbocycles. The molecule has 1 aliphatic rings. The van der Waals surface area contributed by atoms with Crippen LogP contribution >= 0.6 is 23.2 Å². The van der Waals surface area contributed by atoms with Gasteiger partial charge in [-0.1, -0.05) is 41.4 Å². The number of benzene rings is 1. The van der Waals surface area contributed by atoms with Gasteiger partial charge in [-0.15, -0.1) is 0 Å². The lowest BCUT2D eigenvalue weighted by Crippen LogP contribution is -2.06. The van der Waals surface area contributed by atoms with Gasteiger partial charge in [0.1, 0.15) is 0 Å². The quantitative estimate of drug-likeness (QED) is 0.722. The van der Waals surface area contributed by atoms with Crippen LogP contribution in [0, 0.1) is 0 Å². The van der Waals surface area contributed by atoms with Crippen LogP contribution in [0.25, 0.3) is 5.57 Å². The second kappa shape index (κ2) is 4.38. The zero-order valence-electron chi connectivity index (χ0n) is 8.09. The fourth-order valence-corrected chi connectivity index (χ4v) is 2.13. The molecule has 0 amide bonds. The molecule has 1 aromatic carbocycles. The van der Waals surface area contributed by atoms with Gasteiger partial charge in [0.25, 0.3) is 0 Å². The molecule has 0 heterocycles. The Hall–Kier alpha value is -0.790. The van der Waals surface area contributed by atoms with E-state index in [9.17, 15) is 4.79 Å². The van der Waals surface area contributed by atoms with E-state index >= 15 is 0 Å². The number of rotatable bonds is 1. The molecule has 0 aromatic heterocycles. The predicted molar refractivity (Wildman–Crippen MR) is 63.3 cm³/mol. The van der Waals surface area contributed by atoms with Crippen LogP contribution in [0.3, 0.4) is 0 Å². The van der Waals surface area contributed by atoms with Crippen LogP contribution < -0.4 is 0 Å². The topological polar surface area (TPSA) is 17.1 Å². The average Bonchev–Trinajstić information content (AvgIpc) is 2.23. The lowest BCUT2D eigenvalue weighted by atomic mass is 9.92. The molecule has 1 nitrogen and oxygen atoms in total. The molecule has 0 spiro atoms. The number of halogens is 2. The summed E-state index contributed by atoms with van der Waals surface area (Å²) in [5, 5.41) is 0.967. The Bertz CT molecular complexity index is 435. The first-order chi connectivity index (χ1) is 7.20. The molecular weight excluding hydrogens is 231 g/mol. The zero-order valence-corrected chi connectivity index (χ0v) is 9.61. The van der Waals surface area contributed by atoms with Crippen molar-refractivity contribution in [3.8, 4) is 0 Å². The van der Waals surface area contributed by atoms with Gasteiger partial charge in [-0.25, -0.2) is 0 Å². The summed E-state index contributed by atoms with van der Waals surface area (Å²) in [5.74, 6) is 0.158. The maximum Gasteiger partial charge on any atom is 0.163 e. The van der Waals surface area contributed by atoms with Crippen molar-refractivity contribution >= 4 is 34.6 Å². The highest BCUT2D eigenvalue weighted by atomic mass is 35.5. The molecular formula is C12H10Cl2O. The summed E-state index contributed by atoms with van der Waals surface area (Å²) in [7, 11) is 0. The molecule has 0 radical (unpaired) electrons. The second-order valence-electron chi connectivity index (χ2n) is 3.53. The lowest BCUT2D eigenvalue weighted by Gasteiger charge is -2.13. The maximum atomic E-state index is 11.7. The third-order valence-corrected chi connectivity index (χ3v) is 3.32. The van der Waals surface area contributed by atoms with Gasteiger partial charge in [0.2, 0.25) is 0 Å². The van der Waals surface area contributed by atoms with Crippen molar-refractivity contribution in [2.45, 2.75) is 19.3 Å². The Morgan fingerprint density at radius 2 is 2.00 bits per heavy atom. The van der Waals surface area contributed by atoms with Gasteiger partial charge >= 0.3 is 0 Å². The fraction of sp³-hybridized carbons (Fsp3) is 0.250. The fourth-order valence-electron chi connectivity index (χ4n) is 1.73. The van der Waals surface area contributed by atoms with Crippen LogP contribution in [-0.2, 0) is 4.79 Å². The molecule has 0 fully saturated rings. The Morgan fingerprint density at radius 1 is 1.20 bits per heavy atom. The van der Waals surface area contributed by atoms with Crippen LogP contribution in [-0.4, -0.2) is 5.78 Å². The summed E-state index contributed by atoms with van der Waals surface area (Å²) in [6, 6.07) is 5.37. The van der Waals surface area contributed by atoms with Gasteiger partial charge in [-0.2, -0.15) is 0 Å². The van der Waals surface area contributed by atoms with Gasteiger partial charge < -0.3 is 0 Å². The Labute approximate surface area is 98.7 Å². The van der Waals surface area contributed by atoms with E-state index in [4.69, 9.17) is 23.2 Å². The van der Waals surface area contributed by atoms with Crippen LogP contribution in [0.2, 0.25) is 10.0 Å². The molecule has 3 heteroatoms. The Balaban J connectivity index is 2.49. The minimum Gasteiger partial charge on any atom is -0.294 e. The van der Waals surface area contributed by atoms with E-state index in [1.54, 1.807) is 6.07 Å². The summed E-state index contributed by atoms with van der Waals surface area (Å²) in [6.45, 7) is 0. The third kappa shape index (κ3) is 2.09. The van der Waals surface area contributed by atoms with Gasteiger partial charge in [0.05, 0.1) is 10.0 Å². The number of hydrogen-bond acceptors (Lipinski definition) is 1. The van der Waals surface area contributed by atoms with E-state index in [-0.39, 0.29) is 5.78 Å². The van der Waals surface area contributed by atoms with E-state index < -0.39 is 0 Å². The molecule has 0 saturated heterocycles. The van der Waals surface area contributed by atoms with Gasteiger partial charge in [0.15, 0.2) is 5.78 Å². The molecule has 0 aliphatic heterocycles. The maximum absolute atomic E-state index is 11.7. The second-order valence-corrected chi connectivity index (χ2v) is 4.32. The van der Waals surface area contributed by atoms with Crippen molar-refractivity contribution in [2.75, 3.05) is 0 Å². The van der Waals surface area contributed by atoms with E-state index in [0.29, 0.717) is 22.0 Å². The van der Waals surface area contributed by atoms with Gasteiger partial charge in [-0.3, -0.25) is 4.79 Å². The largest absolute Gasteiger partial charge is 0.294 e. The van der Waals surface area contributed by atoms with Crippen molar-refractivity contribution in [1.82, 2.24) is 0 Å². The minimum atomic E-state index is 0.158. The number of carbonyl (C=O) groups is 1. The van der Waals surface area contributed by atoms with Crippen LogP contribution in [0.1, 0.15) is 24.8 Å². The van der Waals surface area contributed by atoms with E-state index in [1.165, 1.54) is 0 Å². The molecule has 0 saturated carbocycles. The zero-order chi connectivity index (χ0) is 10.8. The number of ketones is 1. The molecule has 2 rings (SSSR count). The van der Waals surface area contributed by atoms with E-state index in [0.717, 1.165) is 18.4 Å². The van der Waals surface area contributed by atoms with Crippen molar-refractivity contribution in [2.24, 2.45) is 0 Å². The highest BCUT2D eigenvalue weighted by Gasteiger charge is 2.18. The Morgan fingerprint density at radius 3 is 2.73 bits per heavy atom. The molecule has 0 N–H and O–H groups in total. The van der Waals surface area contributed by atoms with Crippen molar-refractivity contribution in [3.63, 3.8) is 0 Å². The van der Waals surface area contributed by atoms with Crippen molar-refractivity contribution in [3.05, 3.63) is 39.9 Å². The summed E-state index contributed by atoms with van der Waals surface area (Å²) < 4.78 is 0. The van der Waals surface area contributed by atoms with Gasteiger partial charge in [-0.05, 0) is 18.9 Å². The summed E-state index contributed by atoms with van der Waals surface area (Å²) >= 11 is 12.0. The Kier molecular flexibility index (Phi) is 3.13. The van der Waals surface area contributed by atoms with E-state index in [1.807, 2.05) is 18.2 Å². The highest BCUT2D eigenvalue weighted by Crippen LogP contribution is 2.33. The van der Waals surface area contributed by atoms with Crippen molar-refractivity contribution < 1.29 is 4.79 Å². The molecule has 0 bridgehead atoms. The standard InChI is InChI=1S/C12H10Cl2O/c13-10-6-3-5-9(12(10)14)8-4-1-2-7-11(8)15/h3-6H,1-2,7H2. The smallest absolute Gasteiger partial charge is 0.163 e.